The Morgan fingerprint density at radius 2 is 1.68 bits per heavy atom. The van der Waals surface area contributed by atoms with Gasteiger partial charge in [0, 0.05) is 22.5 Å². The molecule has 0 unspecified atom stereocenters. The topological polar surface area (TPSA) is 98.2 Å². The van der Waals surface area contributed by atoms with Crippen molar-refractivity contribution in [2.75, 3.05) is 5.32 Å². The predicted octanol–water partition coefficient (Wildman–Crippen LogP) is 5.48. The lowest BCUT2D eigenvalue weighted by Gasteiger charge is -2.20. The molecule has 0 amide bonds. The summed E-state index contributed by atoms with van der Waals surface area (Å²) < 4.78 is 0. The second kappa shape index (κ2) is 8.61. The first kappa shape index (κ1) is 24.1. The number of hydrogen-bond acceptors (Lipinski definition) is 5. The van der Waals surface area contributed by atoms with Crippen molar-refractivity contribution in [3.63, 3.8) is 0 Å². The van der Waals surface area contributed by atoms with Gasteiger partial charge in [-0.1, -0.05) is 35.0 Å². The quantitative estimate of drug-likeness (QED) is 0.223. The maximum Gasteiger partial charge on any atom is 0.256 e. The number of aromatic amines is 1. The summed E-state index contributed by atoms with van der Waals surface area (Å²) in [4.78, 5) is 20.3. The molecule has 0 saturated heterocycles. The van der Waals surface area contributed by atoms with Crippen LogP contribution in [0.25, 0.3) is 21.7 Å². The summed E-state index contributed by atoms with van der Waals surface area (Å²) in [5.41, 5.74) is -0.331. The number of rotatable bonds is 3. The molecule has 4 N–H and O–H groups in total. The van der Waals surface area contributed by atoms with Gasteiger partial charge in [-0.2, -0.15) is 0 Å². The van der Waals surface area contributed by atoms with E-state index in [1.807, 2.05) is 0 Å². The minimum Gasteiger partial charge on any atom is -0.386 e. The first-order valence-electron chi connectivity index (χ1n) is 10.5. The number of nitrogens with one attached hydrogen (secondary N) is 2. The molecule has 174 valence electrons. The summed E-state index contributed by atoms with van der Waals surface area (Å²) in [6.45, 7) is 6.50. The van der Waals surface area contributed by atoms with Crippen LogP contribution in [0.3, 0.4) is 0 Å². The Morgan fingerprint density at radius 1 is 1.00 bits per heavy atom. The number of anilines is 2. The number of hydrogen-bond donors (Lipinski definition) is 4. The number of benzene rings is 2. The molecule has 0 bridgehead atoms. The lowest BCUT2D eigenvalue weighted by Crippen LogP contribution is -2.15. The lowest BCUT2D eigenvalue weighted by atomic mass is 9.98. The van der Waals surface area contributed by atoms with Crippen molar-refractivity contribution in [3.05, 3.63) is 74.1 Å². The Bertz CT molecular complexity index is 1530. The fourth-order valence-electron chi connectivity index (χ4n) is 3.52. The van der Waals surface area contributed by atoms with Crippen LogP contribution in [0.1, 0.15) is 38.8 Å². The van der Waals surface area contributed by atoms with Gasteiger partial charge in [-0.15, -0.1) is 0 Å². The SMILES string of the molecule is CC(C)(O)C#Cc1ccc2nc(Nc3c(Cl)cc(C(C)(C)O)cc3Cl)c3cc[nH]c(=O)c3c2c1. The van der Waals surface area contributed by atoms with E-state index in [0.29, 0.717) is 54.4 Å². The van der Waals surface area contributed by atoms with Gasteiger partial charge in [0.05, 0.1) is 32.2 Å². The van der Waals surface area contributed by atoms with Crippen LogP contribution in [0.4, 0.5) is 11.5 Å². The summed E-state index contributed by atoms with van der Waals surface area (Å²) in [6.07, 6.45) is 1.54. The van der Waals surface area contributed by atoms with Crippen LogP contribution in [0.15, 0.2) is 47.4 Å². The van der Waals surface area contributed by atoms with Gasteiger partial charge in [0.1, 0.15) is 11.4 Å². The fourth-order valence-corrected chi connectivity index (χ4v) is 4.10. The number of fused-ring (bicyclic) bond motifs is 3. The van der Waals surface area contributed by atoms with Crippen molar-refractivity contribution in [2.24, 2.45) is 0 Å². The van der Waals surface area contributed by atoms with E-state index in [1.165, 1.54) is 0 Å². The first-order chi connectivity index (χ1) is 15.8. The van der Waals surface area contributed by atoms with Crippen molar-refractivity contribution in [1.82, 2.24) is 9.97 Å². The summed E-state index contributed by atoms with van der Waals surface area (Å²) in [5.74, 6) is 6.12. The average Bonchev–Trinajstić information content (AvgIpc) is 2.73. The van der Waals surface area contributed by atoms with Gasteiger partial charge in [-0.05, 0) is 69.7 Å². The van der Waals surface area contributed by atoms with Gasteiger partial charge >= 0.3 is 0 Å². The fraction of sp³-hybridized carbons (Fsp3) is 0.231. The Kier molecular flexibility index (Phi) is 6.09. The number of aliphatic hydroxyl groups is 2. The van der Waals surface area contributed by atoms with Crippen molar-refractivity contribution < 1.29 is 10.2 Å². The van der Waals surface area contributed by atoms with Crippen molar-refractivity contribution >= 4 is 56.4 Å². The molecule has 2 aromatic heterocycles. The maximum atomic E-state index is 12.8. The highest BCUT2D eigenvalue weighted by molar-refractivity contribution is 6.39. The highest BCUT2D eigenvalue weighted by Crippen LogP contribution is 2.38. The third-order valence-corrected chi connectivity index (χ3v) is 5.81. The third-order valence-electron chi connectivity index (χ3n) is 5.22. The van der Waals surface area contributed by atoms with Gasteiger partial charge < -0.3 is 20.5 Å². The molecule has 0 fully saturated rings. The van der Waals surface area contributed by atoms with E-state index in [0.717, 1.165) is 0 Å². The number of halogens is 2. The van der Waals surface area contributed by atoms with Crippen LogP contribution in [0.5, 0.6) is 0 Å². The lowest BCUT2D eigenvalue weighted by molar-refractivity contribution is 0.0786. The van der Waals surface area contributed by atoms with E-state index in [-0.39, 0.29) is 5.56 Å². The molecule has 0 aliphatic rings. The zero-order valence-corrected chi connectivity index (χ0v) is 20.6. The molecule has 4 rings (SSSR count). The van der Waals surface area contributed by atoms with Crippen LogP contribution < -0.4 is 10.9 Å². The highest BCUT2D eigenvalue weighted by atomic mass is 35.5. The minimum atomic E-state index is -1.14. The smallest absolute Gasteiger partial charge is 0.256 e. The van der Waals surface area contributed by atoms with Gasteiger partial charge in [0.15, 0.2) is 0 Å². The summed E-state index contributed by atoms with van der Waals surface area (Å²) in [7, 11) is 0. The first-order valence-corrected chi connectivity index (χ1v) is 11.3. The number of aromatic nitrogens is 2. The zero-order chi connectivity index (χ0) is 24.8. The molecule has 8 heteroatoms. The average molecular weight is 496 g/mol. The number of nitrogens with zero attached hydrogens (tertiary/aromatic N) is 1. The Labute approximate surface area is 206 Å². The Hall–Kier alpha value is -3.08. The zero-order valence-electron chi connectivity index (χ0n) is 19.0. The van der Waals surface area contributed by atoms with E-state index in [9.17, 15) is 15.0 Å². The largest absolute Gasteiger partial charge is 0.386 e. The molecule has 0 spiro atoms. The van der Waals surface area contributed by atoms with E-state index >= 15 is 0 Å². The highest BCUT2D eigenvalue weighted by Gasteiger charge is 2.21. The monoisotopic (exact) mass is 495 g/mol. The molecule has 34 heavy (non-hydrogen) atoms. The molecule has 2 heterocycles. The van der Waals surface area contributed by atoms with Crippen LogP contribution in [0.2, 0.25) is 10.0 Å². The molecule has 6 nitrogen and oxygen atoms in total. The summed E-state index contributed by atoms with van der Waals surface area (Å²) in [5, 5.41) is 25.6. The van der Waals surface area contributed by atoms with Crippen LogP contribution >= 0.6 is 23.2 Å². The van der Waals surface area contributed by atoms with Crippen molar-refractivity contribution in [2.45, 2.75) is 38.9 Å². The maximum absolute atomic E-state index is 12.8. The van der Waals surface area contributed by atoms with Gasteiger partial charge in [-0.25, -0.2) is 4.98 Å². The molecule has 2 aromatic carbocycles. The molecular weight excluding hydrogens is 473 g/mol. The molecule has 0 saturated carbocycles. The third kappa shape index (κ3) is 4.89. The van der Waals surface area contributed by atoms with Gasteiger partial charge in [0.25, 0.3) is 5.56 Å². The molecule has 0 aliphatic heterocycles. The molecule has 0 aliphatic carbocycles. The van der Waals surface area contributed by atoms with E-state index in [2.05, 4.69) is 22.1 Å². The minimum absolute atomic E-state index is 0.282. The Balaban J connectivity index is 1.91. The number of pyridine rings is 2. The molecule has 0 radical (unpaired) electrons. The standard InChI is InChI=1S/C26H23Cl2N3O3/c1-25(2,33)9-7-14-5-6-20-17(11-14)21-16(8-10-29-24(21)32)23(30-20)31-22-18(27)12-15(13-19(22)28)26(3,4)34/h5-6,8,10-13,33-34H,1-4H3,(H,29,32)(H,30,31). The Morgan fingerprint density at radius 3 is 2.29 bits per heavy atom. The van der Waals surface area contributed by atoms with Crippen molar-refractivity contribution in [3.8, 4) is 11.8 Å². The normalized spacial score (nSPS) is 12.0. The van der Waals surface area contributed by atoms with E-state index in [4.69, 9.17) is 28.2 Å². The van der Waals surface area contributed by atoms with Crippen molar-refractivity contribution in [1.29, 1.82) is 0 Å². The molecule has 4 aromatic rings. The second-order valence-electron chi connectivity index (χ2n) is 9.10. The number of H-pyrrole nitrogens is 1. The molecular formula is C26H23Cl2N3O3. The van der Waals surface area contributed by atoms with E-state index in [1.54, 1.807) is 70.3 Å². The van der Waals surface area contributed by atoms with E-state index < -0.39 is 11.2 Å². The van der Waals surface area contributed by atoms with Crippen LogP contribution in [-0.2, 0) is 5.60 Å². The van der Waals surface area contributed by atoms with Crippen LogP contribution in [-0.4, -0.2) is 25.8 Å². The summed E-state index contributed by atoms with van der Waals surface area (Å²) >= 11 is 13.0. The summed E-state index contributed by atoms with van der Waals surface area (Å²) in [6, 6.07) is 10.3. The molecule has 0 atom stereocenters. The second-order valence-corrected chi connectivity index (χ2v) is 9.91. The van der Waals surface area contributed by atoms with Gasteiger partial charge in [0.2, 0.25) is 0 Å². The van der Waals surface area contributed by atoms with Crippen LogP contribution in [0, 0.1) is 11.8 Å². The van der Waals surface area contributed by atoms with Gasteiger partial charge in [-0.3, -0.25) is 4.79 Å². The predicted molar refractivity (Wildman–Crippen MR) is 138 cm³/mol.